The molecule has 1 aromatic carbocycles. The number of benzene rings is 1. The van der Waals surface area contributed by atoms with Crippen molar-refractivity contribution in [1.82, 2.24) is 10.6 Å². The minimum absolute atomic E-state index is 0.135. The fraction of sp³-hybridized carbons (Fsp3) is 0.467. The van der Waals surface area contributed by atoms with Gasteiger partial charge in [0.2, 0.25) is 0 Å². The fourth-order valence-electron chi connectivity index (χ4n) is 1.97. The molecule has 1 aromatic rings. The van der Waals surface area contributed by atoms with Crippen molar-refractivity contribution in [3.8, 4) is 0 Å². The molecule has 0 heterocycles. The Labute approximate surface area is 119 Å². The van der Waals surface area contributed by atoms with Gasteiger partial charge in [0.25, 0.3) is 0 Å². The molecule has 5 heteroatoms. The summed E-state index contributed by atoms with van der Waals surface area (Å²) in [7, 11) is 0. The lowest BCUT2D eigenvalue weighted by atomic mass is 9.82. The van der Waals surface area contributed by atoms with E-state index in [1.165, 1.54) is 0 Å². The number of amides is 2. The Kier molecular flexibility index (Phi) is 6.03. The summed E-state index contributed by atoms with van der Waals surface area (Å²) in [5.74, 6) is -0.870. The van der Waals surface area contributed by atoms with Crippen molar-refractivity contribution in [2.45, 2.75) is 33.2 Å². The van der Waals surface area contributed by atoms with Crippen LogP contribution in [0.15, 0.2) is 30.3 Å². The summed E-state index contributed by atoms with van der Waals surface area (Å²) in [6.45, 7) is 4.20. The van der Waals surface area contributed by atoms with E-state index in [0.29, 0.717) is 19.4 Å². The maximum absolute atomic E-state index is 11.7. The van der Waals surface area contributed by atoms with Crippen LogP contribution in [0.1, 0.15) is 32.3 Å². The summed E-state index contributed by atoms with van der Waals surface area (Å²) in [4.78, 5) is 23.0. The zero-order valence-corrected chi connectivity index (χ0v) is 12.0. The second-order valence-corrected chi connectivity index (χ2v) is 4.81. The van der Waals surface area contributed by atoms with Gasteiger partial charge in [-0.2, -0.15) is 0 Å². The van der Waals surface area contributed by atoms with E-state index >= 15 is 0 Å². The Hall–Kier alpha value is -2.04. The van der Waals surface area contributed by atoms with Gasteiger partial charge in [-0.25, -0.2) is 4.79 Å². The van der Waals surface area contributed by atoms with Gasteiger partial charge < -0.3 is 15.7 Å². The molecule has 2 amide bonds. The van der Waals surface area contributed by atoms with Gasteiger partial charge in [-0.15, -0.1) is 0 Å². The fourth-order valence-corrected chi connectivity index (χ4v) is 1.97. The second-order valence-electron chi connectivity index (χ2n) is 4.81. The third-order valence-electron chi connectivity index (χ3n) is 3.69. The largest absolute Gasteiger partial charge is 0.481 e. The summed E-state index contributed by atoms with van der Waals surface area (Å²) in [6.07, 6.45) is 0.968. The van der Waals surface area contributed by atoms with Crippen molar-refractivity contribution < 1.29 is 14.7 Å². The van der Waals surface area contributed by atoms with Crippen molar-refractivity contribution in [2.24, 2.45) is 5.41 Å². The Balaban J connectivity index is 2.44. The van der Waals surface area contributed by atoms with Crippen molar-refractivity contribution in [2.75, 3.05) is 6.54 Å². The topological polar surface area (TPSA) is 78.4 Å². The van der Waals surface area contributed by atoms with Gasteiger partial charge in [0.15, 0.2) is 0 Å². The zero-order chi connectivity index (χ0) is 15.0. The first kappa shape index (κ1) is 16.0. The van der Waals surface area contributed by atoms with Crippen molar-refractivity contribution in [3.05, 3.63) is 35.9 Å². The van der Waals surface area contributed by atoms with Crippen LogP contribution >= 0.6 is 0 Å². The van der Waals surface area contributed by atoms with Crippen LogP contribution in [-0.2, 0) is 11.3 Å². The standard InChI is InChI=1S/C15H22N2O3/c1-3-15(4-2,13(18)19)11-17-14(20)16-10-12-8-6-5-7-9-12/h5-9H,3-4,10-11H2,1-2H3,(H,18,19)(H2,16,17,20). The average molecular weight is 278 g/mol. The quantitative estimate of drug-likeness (QED) is 0.716. The maximum Gasteiger partial charge on any atom is 0.315 e. The van der Waals surface area contributed by atoms with E-state index in [9.17, 15) is 14.7 Å². The third-order valence-corrected chi connectivity index (χ3v) is 3.69. The zero-order valence-electron chi connectivity index (χ0n) is 12.0. The van der Waals surface area contributed by atoms with Crippen LogP contribution in [0.3, 0.4) is 0 Å². The first-order valence-corrected chi connectivity index (χ1v) is 6.83. The molecular weight excluding hydrogens is 256 g/mol. The maximum atomic E-state index is 11.7. The molecule has 20 heavy (non-hydrogen) atoms. The van der Waals surface area contributed by atoms with Crippen LogP contribution < -0.4 is 10.6 Å². The van der Waals surface area contributed by atoms with Crippen LogP contribution in [0.4, 0.5) is 4.79 Å². The number of nitrogens with one attached hydrogen (secondary N) is 2. The molecule has 0 aliphatic heterocycles. The molecule has 0 aromatic heterocycles. The van der Waals surface area contributed by atoms with Crippen LogP contribution in [0.5, 0.6) is 0 Å². The highest BCUT2D eigenvalue weighted by Gasteiger charge is 2.35. The number of aliphatic carboxylic acids is 1. The third kappa shape index (κ3) is 4.26. The molecular formula is C15H22N2O3. The second kappa shape index (κ2) is 7.53. The molecule has 0 atom stereocenters. The lowest BCUT2D eigenvalue weighted by Crippen LogP contribution is -2.45. The smallest absolute Gasteiger partial charge is 0.315 e. The minimum Gasteiger partial charge on any atom is -0.481 e. The van der Waals surface area contributed by atoms with Crippen LogP contribution in [0.2, 0.25) is 0 Å². The molecule has 0 spiro atoms. The molecule has 0 fully saturated rings. The predicted molar refractivity (Wildman–Crippen MR) is 77.3 cm³/mol. The number of urea groups is 1. The molecule has 1 rings (SSSR count). The van der Waals surface area contributed by atoms with Crippen molar-refractivity contribution in [1.29, 1.82) is 0 Å². The van der Waals surface area contributed by atoms with E-state index in [-0.39, 0.29) is 12.6 Å². The van der Waals surface area contributed by atoms with Crippen molar-refractivity contribution >= 4 is 12.0 Å². The summed E-state index contributed by atoms with van der Waals surface area (Å²) < 4.78 is 0. The van der Waals surface area contributed by atoms with Crippen LogP contribution in [-0.4, -0.2) is 23.7 Å². The Bertz CT molecular complexity index is 442. The van der Waals surface area contributed by atoms with E-state index in [1.807, 2.05) is 44.2 Å². The van der Waals surface area contributed by atoms with E-state index in [4.69, 9.17) is 0 Å². The Morgan fingerprint density at radius 3 is 2.20 bits per heavy atom. The molecule has 0 aliphatic rings. The monoisotopic (exact) mass is 278 g/mol. The average Bonchev–Trinajstić information content (AvgIpc) is 2.47. The molecule has 0 aliphatic carbocycles. The molecule has 5 nitrogen and oxygen atoms in total. The normalized spacial score (nSPS) is 10.9. The molecule has 0 saturated heterocycles. The highest BCUT2D eigenvalue weighted by Crippen LogP contribution is 2.25. The summed E-state index contributed by atoms with van der Waals surface area (Å²) >= 11 is 0. The number of carbonyl (C=O) groups is 2. The predicted octanol–water partition coefficient (Wildman–Crippen LogP) is 2.38. The molecule has 0 saturated carbocycles. The van der Waals surface area contributed by atoms with Gasteiger partial charge in [-0.05, 0) is 18.4 Å². The van der Waals surface area contributed by atoms with Gasteiger partial charge in [-0.3, -0.25) is 4.79 Å². The highest BCUT2D eigenvalue weighted by atomic mass is 16.4. The van der Waals surface area contributed by atoms with Crippen LogP contribution in [0.25, 0.3) is 0 Å². The Morgan fingerprint density at radius 2 is 1.70 bits per heavy atom. The summed E-state index contributed by atoms with van der Waals surface area (Å²) in [5, 5.41) is 14.6. The van der Waals surface area contributed by atoms with E-state index in [1.54, 1.807) is 0 Å². The number of carboxylic acid groups (broad SMARTS) is 1. The van der Waals surface area contributed by atoms with E-state index < -0.39 is 11.4 Å². The van der Waals surface area contributed by atoms with Gasteiger partial charge >= 0.3 is 12.0 Å². The number of hydrogen-bond donors (Lipinski definition) is 3. The van der Waals surface area contributed by atoms with Gasteiger partial charge in [0.05, 0.1) is 5.41 Å². The number of hydrogen-bond acceptors (Lipinski definition) is 2. The first-order valence-electron chi connectivity index (χ1n) is 6.83. The van der Waals surface area contributed by atoms with Crippen molar-refractivity contribution in [3.63, 3.8) is 0 Å². The highest BCUT2D eigenvalue weighted by molar-refractivity contribution is 5.78. The molecule has 110 valence electrons. The SMILES string of the molecule is CCC(CC)(CNC(=O)NCc1ccccc1)C(=O)O. The number of carbonyl (C=O) groups excluding carboxylic acids is 1. The van der Waals surface area contributed by atoms with Gasteiger partial charge in [0, 0.05) is 13.1 Å². The minimum atomic E-state index is -0.885. The van der Waals surface area contributed by atoms with E-state index in [0.717, 1.165) is 5.56 Å². The molecule has 0 unspecified atom stereocenters. The lowest BCUT2D eigenvalue weighted by Gasteiger charge is -2.26. The molecule has 0 radical (unpaired) electrons. The lowest BCUT2D eigenvalue weighted by molar-refractivity contribution is -0.149. The van der Waals surface area contributed by atoms with Crippen LogP contribution in [0, 0.1) is 5.41 Å². The van der Waals surface area contributed by atoms with Gasteiger partial charge in [-0.1, -0.05) is 44.2 Å². The first-order chi connectivity index (χ1) is 9.54. The summed E-state index contributed by atoms with van der Waals surface area (Å²) in [6, 6.07) is 9.20. The Morgan fingerprint density at radius 1 is 1.10 bits per heavy atom. The number of rotatable bonds is 7. The van der Waals surface area contributed by atoms with E-state index in [2.05, 4.69) is 10.6 Å². The summed E-state index contributed by atoms with van der Waals surface area (Å²) in [5.41, 5.74) is 0.113. The number of carboxylic acids is 1. The molecule has 0 bridgehead atoms. The molecule has 3 N–H and O–H groups in total. The van der Waals surface area contributed by atoms with Gasteiger partial charge in [0.1, 0.15) is 0 Å².